The second-order valence-corrected chi connectivity index (χ2v) is 7.27. The summed E-state index contributed by atoms with van der Waals surface area (Å²) >= 11 is 0. The Balaban J connectivity index is 1.22. The molecule has 0 bridgehead atoms. The van der Waals surface area contributed by atoms with Crippen molar-refractivity contribution >= 4 is 17.9 Å². The Morgan fingerprint density at radius 3 is 2.67 bits per heavy atom. The number of nitrogens with one attached hydrogen (secondary N) is 1. The summed E-state index contributed by atoms with van der Waals surface area (Å²) in [6, 6.07) is 14.8. The van der Waals surface area contributed by atoms with Crippen molar-refractivity contribution in [1.29, 1.82) is 0 Å². The lowest BCUT2D eigenvalue weighted by Crippen LogP contribution is -2.41. The zero-order chi connectivity index (χ0) is 20.8. The second-order valence-electron chi connectivity index (χ2n) is 7.27. The SMILES string of the molecule is O=C(NCC1CCN(C(=O)/C=C/c2ccco2)CC1)c1cc(-c2ccccc2)on1. The zero-order valence-corrected chi connectivity index (χ0v) is 16.5. The first-order valence-corrected chi connectivity index (χ1v) is 10.00. The second kappa shape index (κ2) is 9.26. The molecule has 7 nitrogen and oxygen atoms in total. The van der Waals surface area contributed by atoms with Crippen LogP contribution < -0.4 is 5.32 Å². The maximum absolute atomic E-state index is 12.4. The van der Waals surface area contributed by atoms with Gasteiger partial charge in [0.2, 0.25) is 5.91 Å². The lowest BCUT2D eigenvalue weighted by atomic mass is 9.96. The first-order valence-electron chi connectivity index (χ1n) is 10.00. The number of carbonyl (C=O) groups is 2. The first-order chi connectivity index (χ1) is 14.7. The summed E-state index contributed by atoms with van der Waals surface area (Å²) in [5, 5.41) is 6.81. The molecule has 2 amide bonds. The van der Waals surface area contributed by atoms with Crippen LogP contribution in [-0.4, -0.2) is 41.5 Å². The molecule has 0 unspecified atom stereocenters. The maximum atomic E-state index is 12.4. The van der Waals surface area contributed by atoms with Crippen molar-refractivity contribution in [2.24, 2.45) is 5.92 Å². The number of carbonyl (C=O) groups excluding carboxylic acids is 2. The average Bonchev–Trinajstić information content (AvgIpc) is 3.49. The molecule has 0 atom stereocenters. The van der Waals surface area contributed by atoms with E-state index in [2.05, 4.69) is 10.5 Å². The number of rotatable bonds is 6. The van der Waals surface area contributed by atoms with Gasteiger partial charge in [-0.15, -0.1) is 0 Å². The molecule has 2 aromatic heterocycles. The third kappa shape index (κ3) is 4.86. The largest absolute Gasteiger partial charge is 0.465 e. The molecule has 1 fully saturated rings. The molecule has 4 rings (SSSR count). The summed E-state index contributed by atoms with van der Waals surface area (Å²) in [6.07, 6.45) is 6.47. The zero-order valence-electron chi connectivity index (χ0n) is 16.5. The third-order valence-electron chi connectivity index (χ3n) is 5.21. The van der Waals surface area contributed by atoms with Crippen molar-refractivity contribution in [3.05, 3.63) is 72.3 Å². The predicted molar refractivity (Wildman–Crippen MR) is 111 cm³/mol. The summed E-state index contributed by atoms with van der Waals surface area (Å²) in [5.74, 6) is 1.28. The summed E-state index contributed by atoms with van der Waals surface area (Å²) in [5.41, 5.74) is 1.15. The van der Waals surface area contributed by atoms with Crippen LogP contribution in [0.15, 0.2) is 69.8 Å². The van der Waals surface area contributed by atoms with Gasteiger partial charge in [-0.25, -0.2) is 0 Å². The van der Waals surface area contributed by atoms with Crippen molar-refractivity contribution in [3.63, 3.8) is 0 Å². The molecule has 3 aromatic rings. The summed E-state index contributed by atoms with van der Waals surface area (Å²) in [7, 11) is 0. The van der Waals surface area contributed by atoms with Gasteiger partial charge in [-0.05, 0) is 37.0 Å². The van der Waals surface area contributed by atoms with Crippen molar-refractivity contribution in [2.45, 2.75) is 12.8 Å². The number of benzene rings is 1. The fourth-order valence-electron chi connectivity index (χ4n) is 3.45. The van der Waals surface area contributed by atoms with Crippen LogP contribution in [0.3, 0.4) is 0 Å². The molecule has 154 valence electrons. The number of piperidine rings is 1. The molecule has 30 heavy (non-hydrogen) atoms. The van der Waals surface area contributed by atoms with E-state index in [-0.39, 0.29) is 17.5 Å². The van der Waals surface area contributed by atoms with Gasteiger partial charge >= 0.3 is 0 Å². The number of aromatic nitrogens is 1. The third-order valence-corrected chi connectivity index (χ3v) is 5.21. The minimum Gasteiger partial charge on any atom is -0.465 e. The predicted octanol–water partition coefficient (Wildman–Crippen LogP) is 3.62. The molecule has 0 spiro atoms. The van der Waals surface area contributed by atoms with E-state index in [1.807, 2.05) is 35.2 Å². The number of nitrogens with zero attached hydrogens (tertiary/aromatic N) is 2. The normalized spacial score (nSPS) is 14.9. The Hall–Kier alpha value is -3.61. The van der Waals surface area contributed by atoms with Gasteiger partial charge in [-0.2, -0.15) is 0 Å². The van der Waals surface area contributed by atoms with Crippen LogP contribution in [0, 0.1) is 5.92 Å². The molecule has 3 heterocycles. The van der Waals surface area contributed by atoms with Crippen molar-refractivity contribution < 1.29 is 18.5 Å². The van der Waals surface area contributed by atoms with Gasteiger partial charge in [0.05, 0.1) is 6.26 Å². The van der Waals surface area contributed by atoms with E-state index in [0.717, 1.165) is 18.4 Å². The Morgan fingerprint density at radius 2 is 1.93 bits per heavy atom. The average molecular weight is 405 g/mol. The monoisotopic (exact) mass is 405 g/mol. The highest BCUT2D eigenvalue weighted by molar-refractivity contribution is 5.93. The molecule has 0 radical (unpaired) electrons. The molecule has 1 aliphatic heterocycles. The first kappa shape index (κ1) is 19.7. The summed E-state index contributed by atoms with van der Waals surface area (Å²) in [4.78, 5) is 26.5. The Morgan fingerprint density at radius 1 is 1.13 bits per heavy atom. The topological polar surface area (TPSA) is 88.6 Å². The number of hydrogen-bond donors (Lipinski definition) is 1. The summed E-state index contributed by atoms with van der Waals surface area (Å²) in [6.45, 7) is 1.89. The van der Waals surface area contributed by atoms with Gasteiger partial charge in [0.25, 0.3) is 5.91 Å². The van der Waals surface area contributed by atoms with Gasteiger partial charge in [-0.1, -0.05) is 35.5 Å². The fourth-order valence-corrected chi connectivity index (χ4v) is 3.45. The van der Waals surface area contributed by atoms with Gasteiger partial charge in [0, 0.05) is 37.3 Å². The fraction of sp³-hybridized carbons (Fsp3) is 0.261. The van der Waals surface area contributed by atoms with Crippen LogP contribution in [0.5, 0.6) is 0 Å². The van der Waals surface area contributed by atoms with E-state index in [4.69, 9.17) is 8.94 Å². The number of amides is 2. The molecular weight excluding hydrogens is 382 g/mol. The van der Waals surface area contributed by atoms with Crippen LogP contribution in [0.25, 0.3) is 17.4 Å². The van der Waals surface area contributed by atoms with Crippen LogP contribution in [0.1, 0.15) is 29.1 Å². The molecular formula is C23H23N3O4. The van der Waals surface area contributed by atoms with Crippen LogP contribution in [0.2, 0.25) is 0 Å². The van der Waals surface area contributed by atoms with Gasteiger partial charge in [0.15, 0.2) is 11.5 Å². The van der Waals surface area contributed by atoms with Crippen molar-refractivity contribution in [2.75, 3.05) is 19.6 Å². The number of hydrogen-bond acceptors (Lipinski definition) is 5. The van der Waals surface area contributed by atoms with E-state index in [1.54, 1.807) is 30.5 Å². The molecule has 1 aliphatic rings. The quantitative estimate of drug-likeness (QED) is 0.633. The van der Waals surface area contributed by atoms with E-state index >= 15 is 0 Å². The maximum Gasteiger partial charge on any atom is 0.273 e. The van der Waals surface area contributed by atoms with Gasteiger partial charge in [-0.3, -0.25) is 9.59 Å². The highest BCUT2D eigenvalue weighted by atomic mass is 16.5. The van der Waals surface area contributed by atoms with E-state index in [9.17, 15) is 9.59 Å². The van der Waals surface area contributed by atoms with Crippen molar-refractivity contribution in [3.8, 4) is 11.3 Å². The van der Waals surface area contributed by atoms with E-state index < -0.39 is 0 Å². The standard InChI is InChI=1S/C23H23N3O4/c27-22(9-8-19-7-4-14-29-19)26-12-10-17(11-13-26)16-24-23(28)20-15-21(30-25-20)18-5-2-1-3-6-18/h1-9,14-15,17H,10-13,16H2,(H,24,28)/b9-8+. The molecule has 1 N–H and O–H groups in total. The molecule has 7 heteroatoms. The lowest BCUT2D eigenvalue weighted by molar-refractivity contribution is -0.127. The minimum atomic E-state index is -0.249. The Kier molecular flexibility index (Phi) is 6.08. The highest BCUT2D eigenvalue weighted by Crippen LogP contribution is 2.20. The summed E-state index contributed by atoms with van der Waals surface area (Å²) < 4.78 is 10.5. The molecule has 1 aromatic carbocycles. The van der Waals surface area contributed by atoms with Crippen molar-refractivity contribution in [1.82, 2.24) is 15.4 Å². The van der Waals surface area contributed by atoms with Crippen LogP contribution in [-0.2, 0) is 4.79 Å². The van der Waals surface area contributed by atoms with E-state index in [1.165, 1.54) is 6.08 Å². The number of likely N-dealkylation sites (tertiary alicyclic amines) is 1. The molecule has 0 aliphatic carbocycles. The highest BCUT2D eigenvalue weighted by Gasteiger charge is 2.23. The van der Waals surface area contributed by atoms with Crippen LogP contribution >= 0.6 is 0 Å². The lowest BCUT2D eigenvalue weighted by Gasteiger charge is -2.31. The van der Waals surface area contributed by atoms with E-state index in [0.29, 0.717) is 37.1 Å². The Bertz CT molecular complexity index is 1000. The smallest absolute Gasteiger partial charge is 0.273 e. The Labute approximate surface area is 174 Å². The molecule has 0 saturated carbocycles. The van der Waals surface area contributed by atoms with Gasteiger partial charge < -0.3 is 19.2 Å². The minimum absolute atomic E-state index is 0.0232. The van der Waals surface area contributed by atoms with Crippen LogP contribution in [0.4, 0.5) is 0 Å². The molecule has 1 saturated heterocycles. The number of furan rings is 1. The van der Waals surface area contributed by atoms with Gasteiger partial charge in [0.1, 0.15) is 5.76 Å².